The van der Waals surface area contributed by atoms with Gasteiger partial charge < -0.3 is 15.6 Å². The third-order valence-corrected chi connectivity index (χ3v) is 9.77. The normalized spacial score (nSPS) is 15.9. The summed E-state index contributed by atoms with van der Waals surface area (Å²) >= 11 is 0. The number of aliphatic carboxylic acids is 2. The molecule has 0 aromatic heterocycles. The number of hydrogen-bond acceptors (Lipinski definition) is 10. The summed E-state index contributed by atoms with van der Waals surface area (Å²) in [5.41, 5.74) is 4.93. The van der Waals surface area contributed by atoms with Crippen molar-refractivity contribution in [1.82, 2.24) is 0 Å². The third kappa shape index (κ3) is 14.6. The number of Topliss-reactive ketones (excluding diaryl/α,β-unsaturated/α-hetero) is 1. The number of carboxylic acids is 2. The number of carbonyl (C=O) groups is 3. The lowest BCUT2D eigenvalue weighted by Crippen LogP contribution is -2.27. The van der Waals surface area contributed by atoms with Gasteiger partial charge in [0.15, 0.2) is 0 Å². The predicted molar refractivity (Wildman–Crippen MR) is 182 cm³/mol. The Morgan fingerprint density at radius 1 is 0.833 bits per heavy atom. The monoisotopic (exact) mass is 713 g/mol. The van der Waals surface area contributed by atoms with Crippen LogP contribution in [0.5, 0.6) is 0 Å². The Hall–Kier alpha value is -3.70. The van der Waals surface area contributed by atoms with Crippen molar-refractivity contribution in [3.05, 3.63) is 48.0 Å². The summed E-state index contributed by atoms with van der Waals surface area (Å²) in [6.45, 7) is 7.43. The van der Waals surface area contributed by atoms with E-state index in [0.717, 1.165) is 61.9 Å². The molecule has 0 radical (unpaired) electrons. The van der Waals surface area contributed by atoms with Crippen LogP contribution < -0.4 is 11.3 Å². The van der Waals surface area contributed by atoms with Gasteiger partial charge in [0.25, 0.3) is 20.2 Å². The molecule has 48 heavy (non-hydrogen) atoms. The highest BCUT2D eigenvalue weighted by Gasteiger charge is 2.37. The maximum absolute atomic E-state index is 11.4. The molecule has 16 heteroatoms. The van der Waals surface area contributed by atoms with Gasteiger partial charge in [-0.3, -0.25) is 34.3 Å². The van der Waals surface area contributed by atoms with Gasteiger partial charge in [-0.1, -0.05) is 39.5 Å². The largest absolute Gasteiger partial charge is 0.481 e. The lowest BCUT2D eigenvalue weighted by Gasteiger charge is -2.26. The molecular weight excluding hydrogens is 666 g/mol. The number of ketones is 1. The Labute approximate surface area is 282 Å². The van der Waals surface area contributed by atoms with E-state index in [1.54, 1.807) is 13.0 Å². The van der Waals surface area contributed by atoms with Crippen molar-refractivity contribution in [2.75, 3.05) is 5.43 Å². The van der Waals surface area contributed by atoms with Crippen LogP contribution in [0, 0.1) is 5.92 Å². The number of nitrogens with two attached hydrogens (primary N) is 1. The minimum Gasteiger partial charge on any atom is -0.481 e. The summed E-state index contributed by atoms with van der Waals surface area (Å²) in [4.78, 5) is 35.7. The van der Waals surface area contributed by atoms with Gasteiger partial charge in [0.1, 0.15) is 5.78 Å². The number of aliphatic imine (C=N–C) groups is 1. The molecule has 2 aromatic rings. The molecule has 2 unspecified atom stereocenters. The molecule has 0 fully saturated rings. The smallest absolute Gasteiger partial charge is 0.303 e. The summed E-state index contributed by atoms with van der Waals surface area (Å²) in [7, 11) is -8.34. The Bertz CT molecular complexity index is 1640. The molecular formula is C32H47N3O11S2. The Morgan fingerprint density at radius 2 is 1.33 bits per heavy atom. The molecule has 0 saturated carbocycles. The molecule has 0 amide bonds. The quantitative estimate of drug-likeness (QED) is 0.0521. The zero-order valence-corrected chi connectivity index (χ0v) is 29.3. The molecule has 3 rings (SSSR count). The van der Waals surface area contributed by atoms with E-state index in [4.69, 9.17) is 20.6 Å². The number of fused-ring (bicyclic) bond motifs is 1. The van der Waals surface area contributed by atoms with Crippen LogP contribution in [0.1, 0.15) is 97.5 Å². The van der Waals surface area contributed by atoms with Gasteiger partial charge in [-0.05, 0) is 87.6 Å². The van der Waals surface area contributed by atoms with E-state index in [9.17, 15) is 35.8 Å². The Balaban J connectivity index is 0.000000393. The Kier molecular flexibility index (Phi) is 17.0. The van der Waals surface area contributed by atoms with Gasteiger partial charge in [0.05, 0.1) is 15.5 Å². The van der Waals surface area contributed by atoms with E-state index < -0.39 is 32.2 Å². The highest BCUT2D eigenvalue weighted by molar-refractivity contribution is 7.86. The molecule has 7 N–H and O–H groups in total. The summed E-state index contributed by atoms with van der Waals surface area (Å²) in [6.07, 6.45) is 6.87. The van der Waals surface area contributed by atoms with E-state index in [0.29, 0.717) is 12.1 Å². The first-order chi connectivity index (χ1) is 22.2. The first kappa shape index (κ1) is 42.3. The molecule has 2 atom stereocenters. The van der Waals surface area contributed by atoms with Gasteiger partial charge >= 0.3 is 11.9 Å². The second kappa shape index (κ2) is 19.3. The number of nitrogen functional groups attached to an aromatic ring is 1. The first-order valence-corrected chi connectivity index (χ1v) is 18.3. The average molecular weight is 714 g/mol. The molecule has 2 aromatic carbocycles. The first-order valence-electron chi connectivity index (χ1n) is 15.4. The maximum atomic E-state index is 11.4. The number of nitrogens with one attached hydrogen (secondary N) is 1. The summed E-state index contributed by atoms with van der Waals surface area (Å²) < 4.78 is 61.6. The Morgan fingerprint density at radius 3 is 1.79 bits per heavy atom. The van der Waals surface area contributed by atoms with Crippen molar-refractivity contribution in [1.29, 1.82) is 0 Å². The minimum atomic E-state index is -4.25. The van der Waals surface area contributed by atoms with E-state index in [1.807, 2.05) is 20.8 Å². The van der Waals surface area contributed by atoms with Gasteiger partial charge in [0.2, 0.25) is 0 Å². The van der Waals surface area contributed by atoms with Crippen molar-refractivity contribution in [2.45, 2.75) is 107 Å². The SMILES string of the molecule is CC(=O)C(C)CCCCCC(=O)O.CC1=Nc2ccc(S(=O)(=O)O)cc2C1(C)CCCCCC(=O)O.NNc1ccc(S(=O)(=O)O)cc1. The van der Waals surface area contributed by atoms with Gasteiger partial charge in [-0.15, -0.1) is 0 Å². The summed E-state index contributed by atoms with van der Waals surface area (Å²) in [5.74, 6) is 3.87. The fourth-order valence-corrected chi connectivity index (χ4v) is 5.78. The molecule has 1 aliphatic heterocycles. The van der Waals surface area contributed by atoms with Crippen molar-refractivity contribution in [2.24, 2.45) is 16.8 Å². The number of rotatable bonds is 16. The lowest BCUT2D eigenvalue weighted by atomic mass is 9.76. The fraction of sp³-hybridized carbons (Fsp3) is 0.500. The zero-order chi connectivity index (χ0) is 36.7. The van der Waals surface area contributed by atoms with Crippen molar-refractivity contribution >= 4 is 55.0 Å². The highest BCUT2D eigenvalue weighted by Crippen LogP contribution is 2.44. The summed E-state index contributed by atoms with van der Waals surface area (Å²) in [5, 5.41) is 17.0. The number of anilines is 1. The fourth-order valence-electron chi connectivity index (χ4n) is 4.79. The lowest BCUT2D eigenvalue weighted by molar-refractivity contribution is -0.138. The van der Waals surface area contributed by atoms with E-state index in [1.165, 1.54) is 36.4 Å². The van der Waals surface area contributed by atoms with Crippen LogP contribution in [0.3, 0.4) is 0 Å². The van der Waals surface area contributed by atoms with E-state index in [-0.39, 0.29) is 39.7 Å². The van der Waals surface area contributed by atoms with Crippen molar-refractivity contribution in [3.8, 4) is 0 Å². The van der Waals surface area contributed by atoms with E-state index >= 15 is 0 Å². The molecule has 0 saturated heterocycles. The number of nitrogens with zero attached hydrogens (tertiary/aromatic N) is 1. The maximum Gasteiger partial charge on any atom is 0.303 e. The molecule has 268 valence electrons. The number of benzene rings is 2. The second-order valence-corrected chi connectivity index (χ2v) is 14.6. The average Bonchev–Trinajstić information content (AvgIpc) is 3.24. The van der Waals surface area contributed by atoms with Crippen LogP contribution in [0.25, 0.3) is 0 Å². The predicted octanol–water partition coefficient (Wildman–Crippen LogP) is 5.80. The summed E-state index contributed by atoms with van der Waals surface area (Å²) in [6, 6.07) is 9.85. The van der Waals surface area contributed by atoms with Crippen LogP contribution in [0.4, 0.5) is 11.4 Å². The highest BCUT2D eigenvalue weighted by atomic mass is 32.2. The van der Waals surface area contributed by atoms with Gasteiger partial charge in [-0.25, -0.2) is 0 Å². The van der Waals surface area contributed by atoms with E-state index in [2.05, 4.69) is 10.4 Å². The minimum absolute atomic E-state index is 0.127. The number of carboxylic acid groups (broad SMARTS) is 2. The van der Waals surface area contributed by atoms with Gasteiger partial charge in [-0.2, -0.15) is 16.8 Å². The molecule has 1 heterocycles. The van der Waals surface area contributed by atoms with Crippen LogP contribution in [0.15, 0.2) is 57.2 Å². The van der Waals surface area contributed by atoms with Crippen molar-refractivity contribution < 1.29 is 50.5 Å². The number of hydrogen-bond donors (Lipinski definition) is 6. The third-order valence-electron chi connectivity index (χ3n) is 8.06. The number of unbranched alkanes of at least 4 members (excludes halogenated alkanes) is 4. The molecule has 14 nitrogen and oxygen atoms in total. The van der Waals surface area contributed by atoms with Crippen molar-refractivity contribution in [3.63, 3.8) is 0 Å². The molecule has 0 spiro atoms. The van der Waals surface area contributed by atoms with Crippen LogP contribution in [-0.2, 0) is 40.0 Å². The standard InChI is InChI=1S/C16H21NO5S.C10H18O3.C6H8N2O3S/c1-11-16(2,9-5-3-4-6-15(18)19)13-10-12(23(20,21)22)7-8-14(13)17-11;1-8(9(2)11)6-4-3-5-7-10(12)13;7-8-5-1-3-6(4-2-5)12(9,10)11/h7-8,10H,3-6,9H2,1-2H3,(H,18,19)(H,20,21,22);8H,3-7H2,1-2H3,(H,12,13);1-4,8H,7H2,(H,9,10,11). The number of hydrazine groups is 1. The molecule has 1 aliphatic rings. The molecule has 0 bridgehead atoms. The zero-order valence-electron chi connectivity index (χ0n) is 27.7. The second-order valence-electron chi connectivity index (χ2n) is 11.8. The van der Waals surface area contributed by atoms with Crippen LogP contribution >= 0.6 is 0 Å². The van der Waals surface area contributed by atoms with Crippen LogP contribution in [0.2, 0.25) is 0 Å². The molecule has 0 aliphatic carbocycles. The topological polar surface area (TPSA) is 251 Å². The van der Waals surface area contributed by atoms with Gasteiger partial charge in [0, 0.05) is 35.6 Å². The number of carbonyl (C=O) groups excluding carboxylic acids is 1. The van der Waals surface area contributed by atoms with Crippen LogP contribution in [-0.4, -0.2) is 59.6 Å².